The van der Waals surface area contributed by atoms with Gasteiger partial charge in [0.15, 0.2) is 0 Å². The Morgan fingerprint density at radius 2 is 1.80 bits per heavy atom. The first-order valence-electron chi connectivity index (χ1n) is 10.0. The van der Waals surface area contributed by atoms with E-state index < -0.39 is 6.04 Å². The SMILES string of the molecule is CNC(=O)[C@@H]1Cc2ccccc2CN1C(=O)c1cccc(N2CCN(C)C(=O)C2)n1. The van der Waals surface area contributed by atoms with Crippen LogP contribution in [0.1, 0.15) is 21.6 Å². The summed E-state index contributed by atoms with van der Waals surface area (Å²) in [6.45, 7) is 1.86. The summed E-state index contributed by atoms with van der Waals surface area (Å²) in [6, 6.07) is 12.5. The third kappa shape index (κ3) is 3.72. The van der Waals surface area contributed by atoms with Crippen molar-refractivity contribution in [2.24, 2.45) is 0 Å². The summed E-state index contributed by atoms with van der Waals surface area (Å²) in [7, 11) is 3.36. The van der Waals surface area contributed by atoms with Crippen LogP contribution in [0.25, 0.3) is 0 Å². The van der Waals surface area contributed by atoms with Crippen LogP contribution in [0.4, 0.5) is 5.82 Å². The second-order valence-corrected chi connectivity index (χ2v) is 7.65. The van der Waals surface area contributed by atoms with Crippen LogP contribution in [0.2, 0.25) is 0 Å². The molecule has 1 aromatic heterocycles. The monoisotopic (exact) mass is 407 g/mol. The summed E-state index contributed by atoms with van der Waals surface area (Å²) in [5.41, 5.74) is 2.38. The number of rotatable bonds is 3. The number of likely N-dealkylation sites (N-methyl/N-ethyl adjacent to an activating group) is 2. The van der Waals surface area contributed by atoms with Crippen LogP contribution in [0, 0.1) is 0 Å². The number of anilines is 1. The molecule has 1 fully saturated rings. The quantitative estimate of drug-likeness (QED) is 0.809. The number of amides is 3. The van der Waals surface area contributed by atoms with Gasteiger partial charge in [-0.25, -0.2) is 4.98 Å². The minimum absolute atomic E-state index is 0.0205. The summed E-state index contributed by atoms with van der Waals surface area (Å²) in [5.74, 6) is 0.127. The molecule has 0 saturated carbocycles. The summed E-state index contributed by atoms with van der Waals surface area (Å²) in [6.07, 6.45) is 0.467. The van der Waals surface area contributed by atoms with Crippen LogP contribution >= 0.6 is 0 Å². The van der Waals surface area contributed by atoms with Gasteiger partial charge in [-0.1, -0.05) is 30.3 Å². The van der Waals surface area contributed by atoms with E-state index in [1.165, 1.54) is 0 Å². The van der Waals surface area contributed by atoms with Crippen LogP contribution < -0.4 is 10.2 Å². The molecule has 3 heterocycles. The molecule has 1 N–H and O–H groups in total. The van der Waals surface area contributed by atoms with Gasteiger partial charge in [-0.2, -0.15) is 0 Å². The number of hydrogen-bond acceptors (Lipinski definition) is 5. The van der Waals surface area contributed by atoms with Gasteiger partial charge < -0.3 is 20.0 Å². The van der Waals surface area contributed by atoms with Crippen molar-refractivity contribution >= 4 is 23.5 Å². The lowest BCUT2D eigenvalue weighted by molar-refractivity contribution is -0.129. The van der Waals surface area contributed by atoms with Crippen LogP contribution in [0.5, 0.6) is 0 Å². The van der Waals surface area contributed by atoms with E-state index in [4.69, 9.17) is 0 Å². The van der Waals surface area contributed by atoms with Crippen LogP contribution in [-0.2, 0) is 22.6 Å². The van der Waals surface area contributed by atoms with Gasteiger partial charge in [0, 0.05) is 40.2 Å². The average molecular weight is 407 g/mol. The molecule has 0 bridgehead atoms. The molecule has 0 spiro atoms. The maximum absolute atomic E-state index is 13.4. The highest BCUT2D eigenvalue weighted by Gasteiger charge is 2.35. The molecule has 0 radical (unpaired) electrons. The highest BCUT2D eigenvalue weighted by molar-refractivity contribution is 5.97. The molecule has 3 amide bonds. The summed E-state index contributed by atoms with van der Waals surface area (Å²) < 4.78 is 0. The largest absolute Gasteiger partial charge is 0.357 e. The fraction of sp³-hybridized carbons (Fsp3) is 0.364. The van der Waals surface area contributed by atoms with Crippen LogP contribution in [-0.4, -0.2) is 72.3 Å². The number of hydrogen-bond donors (Lipinski definition) is 1. The zero-order valence-electron chi connectivity index (χ0n) is 17.2. The Hall–Kier alpha value is -3.42. The molecule has 8 nitrogen and oxygen atoms in total. The maximum atomic E-state index is 13.4. The zero-order chi connectivity index (χ0) is 21.3. The van der Waals surface area contributed by atoms with Crippen molar-refractivity contribution in [3.63, 3.8) is 0 Å². The third-order valence-corrected chi connectivity index (χ3v) is 5.79. The van der Waals surface area contributed by atoms with E-state index in [0.717, 1.165) is 11.1 Å². The Labute approximate surface area is 175 Å². The minimum atomic E-state index is -0.590. The first-order chi connectivity index (χ1) is 14.5. The first-order valence-corrected chi connectivity index (χ1v) is 10.0. The minimum Gasteiger partial charge on any atom is -0.357 e. The lowest BCUT2D eigenvalue weighted by Crippen LogP contribution is -2.52. The number of fused-ring (bicyclic) bond motifs is 1. The number of nitrogens with zero attached hydrogens (tertiary/aromatic N) is 4. The average Bonchev–Trinajstić information content (AvgIpc) is 2.79. The van der Waals surface area contributed by atoms with Gasteiger partial charge in [0.05, 0.1) is 6.54 Å². The van der Waals surface area contributed by atoms with Crippen LogP contribution in [0.15, 0.2) is 42.5 Å². The van der Waals surface area contributed by atoms with Crippen molar-refractivity contribution in [1.82, 2.24) is 20.1 Å². The summed E-state index contributed by atoms with van der Waals surface area (Å²) >= 11 is 0. The molecule has 0 unspecified atom stereocenters. The predicted octanol–water partition coefficient (Wildman–Crippen LogP) is 0.673. The summed E-state index contributed by atoms with van der Waals surface area (Å²) in [5, 5.41) is 2.67. The smallest absolute Gasteiger partial charge is 0.273 e. The topological polar surface area (TPSA) is 85.9 Å². The molecule has 8 heteroatoms. The Bertz CT molecular complexity index is 992. The standard InChI is InChI=1S/C22H25N5O3/c1-23-21(29)18-12-15-6-3-4-7-16(15)13-27(18)22(30)17-8-5-9-19(24-17)26-11-10-25(2)20(28)14-26/h3-9,18H,10-14H2,1-2H3,(H,23,29)/t18-/m0/s1. The normalized spacial score (nSPS) is 18.8. The Balaban J connectivity index is 1.61. The van der Waals surface area contributed by atoms with Crippen molar-refractivity contribution in [1.29, 1.82) is 0 Å². The lowest BCUT2D eigenvalue weighted by Gasteiger charge is -2.36. The first kappa shape index (κ1) is 19.9. The zero-order valence-corrected chi connectivity index (χ0v) is 17.2. The van der Waals surface area contributed by atoms with Crippen molar-refractivity contribution in [2.75, 3.05) is 38.6 Å². The number of benzene rings is 1. The number of carbonyl (C=O) groups is 3. The van der Waals surface area contributed by atoms with E-state index in [9.17, 15) is 14.4 Å². The number of nitrogens with one attached hydrogen (secondary N) is 1. The maximum Gasteiger partial charge on any atom is 0.273 e. The molecule has 2 aliphatic heterocycles. The van der Waals surface area contributed by atoms with Crippen molar-refractivity contribution in [2.45, 2.75) is 19.0 Å². The molecule has 2 aliphatic rings. The second kappa shape index (κ2) is 8.14. The van der Waals surface area contributed by atoms with Crippen LogP contribution in [0.3, 0.4) is 0 Å². The molecular weight excluding hydrogens is 382 g/mol. The van der Waals surface area contributed by atoms with Crippen molar-refractivity contribution < 1.29 is 14.4 Å². The number of piperazine rings is 1. The van der Waals surface area contributed by atoms with Crippen molar-refractivity contribution in [3.8, 4) is 0 Å². The highest BCUT2D eigenvalue weighted by atomic mass is 16.2. The molecule has 1 saturated heterocycles. The molecule has 156 valence electrons. The lowest BCUT2D eigenvalue weighted by atomic mass is 9.93. The second-order valence-electron chi connectivity index (χ2n) is 7.65. The van der Waals surface area contributed by atoms with Gasteiger partial charge in [-0.3, -0.25) is 14.4 Å². The molecule has 1 atom stereocenters. The summed E-state index contributed by atoms with van der Waals surface area (Å²) in [4.78, 5) is 47.6. The van der Waals surface area contributed by atoms with E-state index in [1.807, 2.05) is 29.2 Å². The van der Waals surface area contributed by atoms with E-state index in [2.05, 4.69) is 10.3 Å². The van der Waals surface area contributed by atoms with Gasteiger partial charge in [0.1, 0.15) is 17.6 Å². The highest BCUT2D eigenvalue weighted by Crippen LogP contribution is 2.25. The Kier molecular flexibility index (Phi) is 5.39. The fourth-order valence-electron chi connectivity index (χ4n) is 3.96. The van der Waals surface area contributed by atoms with Gasteiger partial charge in [0.25, 0.3) is 5.91 Å². The number of pyridine rings is 1. The Morgan fingerprint density at radius 3 is 2.53 bits per heavy atom. The van der Waals surface area contributed by atoms with E-state index in [0.29, 0.717) is 31.9 Å². The van der Waals surface area contributed by atoms with Crippen molar-refractivity contribution in [3.05, 3.63) is 59.3 Å². The molecule has 4 rings (SSSR count). The predicted molar refractivity (Wildman–Crippen MR) is 112 cm³/mol. The van der Waals surface area contributed by atoms with Gasteiger partial charge >= 0.3 is 0 Å². The number of aromatic nitrogens is 1. The molecule has 2 aromatic rings. The molecule has 30 heavy (non-hydrogen) atoms. The van der Waals surface area contributed by atoms with Gasteiger partial charge in [-0.15, -0.1) is 0 Å². The van der Waals surface area contributed by atoms with Gasteiger partial charge in [0.2, 0.25) is 11.8 Å². The Morgan fingerprint density at radius 1 is 1.03 bits per heavy atom. The van der Waals surface area contributed by atoms with E-state index in [-0.39, 0.29) is 30.0 Å². The van der Waals surface area contributed by atoms with Gasteiger partial charge in [-0.05, 0) is 23.3 Å². The fourth-order valence-corrected chi connectivity index (χ4v) is 3.96. The molecular formula is C22H25N5O3. The number of carbonyl (C=O) groups excluding carboxylic acids is 3. The van der Waals surface area contributed by atoms with E-state index >= 15 is 0 Å². The molecule has 0 aliphatic carbocycles. The molecule has 1 aromatic carbocycles. The third-order valence-electron chi connectivity index (χ3n) is 5.79. The van der Waals surface area contributed by atoms with E-state index in [1.54, 1.807) is 42.1 Å².